The van der Waals surface area contributed by atoms with Gasteiger partial charge in [0.15, 0.2) is 6.61 Å². The highest BCUT2D eigenvalue weighted by Crippen LogP contribution is 2.33. The molecule has 5 nitrogen and oxygen atoms in total. The standard InChI is InChI=1S/C21H21F3N2O3/c1-12(2)8-17(13-4-3-5-15(9-13)21(22,23)24)26-20(28)14-6-7-16-18(10-14)29-11-19(27)25-16/h3-7,9-10,12,17H,8,11H2,1-2H3,(H,25,27)(H,26,28). The summed E-state index contributed by atoms with van der Waals surface area (Å²) in [5.41, 5.74) is 0.398. The maximum absolute atomic E-state index is 13.1. The van der Waals surface area contributed by atoms with Gasteiger partial charge < -0.3 is 15.4 Å². The molecule has 1 atom stereocenters. The number of hydrogen-bond donors (Lipinski definition) is 2. The Labute approximate surface area is 166 Å². The third kappa shape index (κ3) is 5.07. The molecular formula is C21H21F3N2O3. The highest BCUT2D eigenvalue weighted by molar-refractivity contribution is 5.99. The number of hydrogen-bond acceptors (Lipinski definition) is 3. The normalized spacial score (nSPS) is 14.6. The molecule has 0 bridgehead atoms. The van der Waals surface area contributed by atoms with Gasteiger partial charge in [0, 0.05) is 5.56 Å². The van der Waals surface area contributed by atoms with E-state index in [0.29, 0.717) is 29.0 Å². The topological polar surface area (TPSA) is 67.4 Å². The lowest BCUT2D eigenvalue weighted by Crippen LogP contribution is -2.30. The first-order valence-corrected chi connectivity index (χ1v) is 9.18. The Kier molecular flexibility index (Phi) is 5.81. The summed E-state index contributed by atoms with van der Waals surface area (Å²) in [4.78, 5) is 24.1. The average Bonchev–Trinajstić information content (AvgIpc) is 2.66. The maximum Gasteiger partial charge on any atom is 0.416 e. The molecule has 0 aliphatic carbocycles. The minimum Gasteiger partial charge on any atom is -0.482 e. The van der Waals surface area contributed by atoms with Gasteiger partial charge >= 0.3 is 6.18 Å². The molecule has 1 aliphatic rings. The summed E-state index contributed by atoms with van der Waals surface area (Å²) in [5.74, 6) is -0.193. The zero-order valence-corrected chi connectivity index (χ0v) is 16.0. The highest BCUT2D eigenvalue weighted by atomic mass is 19.4. The lowest BCUT2D eigenvalue weighted by Gasteiger charge is -2.23. The molecule has 0 saturated carbocycles. The van der Waals surface area contributed by atoms with E-state index in [2.05, 4.69) is 10.6 Å². The molecule has 0 radical (unpaired) electrons. The van der Waals surface area contributed by atoms with Crippen molar-refractivity contribution in [3.8, 4) is 5.75 Å². The van der Waals surface area contributed by atoms with E-state index in [4.69, 9.17) is 4.74 Å². The van der Waals surface area contributed by atoms with Gasteiger partial charge in [-0.15, -0.1) is 0 Å². The van der Waals surface area contributed by atoms with Crippen molar-refractivity contribution < 1.29 is 27.5 Å². The van der Waals surface area contributed by atoms with Crippen LogP contribution in [0.4, 0.5) is 18.9 Å². The van der Waals surface area contributed by atoms with E-state index in [1.54, 1.807) is 12.1 Å². The van der Waals surface area contributed by atoms with Gasteiger partial charge in [0.2, 0.25) is 0 Å². The number of fused-ring (bicyclic) bond motifs is 1. The van der Waals surface area contributed by atoms with Gasteiger partial charge in [-0.1, -0.05) is 26.0 Å². The van der Waals surface area contributed by atoms with E-state index in [0.717, 1.165) is 12.1 Å². The third-order valence-corrected chi connectivity index (χ3v) is 4.51. The zero-order chi connectivity index (χ0) is 21.2. The van der Waals surface area contributed by atoms with Crippen LogP contribution in [0.25, 0.3) is 0 Å². The molecule has 1 heterocycles. The summed E-state index contributed by atoms with van der Waals surface area (Å²) in [7, 11) is 0. The molecule has 0 fully saturated rings. The molecule has 2 aromatic rings. The van der Waals surface area contributed by atoms with Gasteiger partial charge in [-0.25, -0.2) is 0 Å². The average molecular weight is 406 g/mol. The van der Waals surface area contributed by atoms with Crippen molar-refractivity contribution in [2.45, 2.75) is 32.5 Å². The number of benzene rings is 2. The highest BCUT2D eigenvalue weighted by Gasteiger charge is 2.31. The molecule has 0 aromatic heterocycles. The first-order chi connectivity index (χ1) is 13.6. The van der Waals surface area contributed by atoms with Crippen LogP contribution in [-0.4, -0.2) is 18.4 Å². The van der Waals surface area contributed by atoms with E-state index in [-0.39, 0.29) is 18.4 Å². The van der Waals surface area contributed by atoms with Crippen molar-refractivity contribution in [3.63, 3.8) is 0 Å². The quantitative estimate of drug-likeness (QED) is 0.765. The van der Waals surface area contributed by atoms with Gasteiger partial charge in [0.25, 0.3) is 11.8 Å². The fraction of sp³-hybridized carbons (Fsp3) is 0.333. The Morgan fingerprint density at radius 3 is 2.66 bits per heavy atom. The van der Waals surface area contributed by atoms with E-state index in [1.807, 2.05) is 13.8 Å². The lowest BCUT2D eigenvalue weighted by molar-refractivity contribution is -0.137. The van der Waals surface area contributed by atoms with Gasteiger partial charge in [0.05, 0.1) is 17.3 Å². The summed E-state index contributed by atoms with van der Waals surface area (Å²) < 4.78 is 44.6. The molecule has 8 heteroatoms. The van der Waals surface area contributed by atoms with Crippen molar-refractivity contribution in [1.29, 1.82) is 0 Å². The SMILES string of the molecule is CC(C)CC(NC(=O)c1ccc2c(c1)OCC(=O)N2)c1cccc(C(F)(F)F)c1. The van der Waals surface area contributed by atoms with Crippen LogP contribution in [-0.2, 0) is 11.0 Å². The monoisotopic (exact) mass is 406 g/mol. The maximum atomic E-state index is 13.1. The number of amides is 2. The zero-order valence-electron chi connectivity index (χ0n) is 16.0. The van der Waals surface area contributed by atoms with Crippen molar-refractivity contribution in [2.75, 3.05) is 11.9 Å². The molecule has 0 spiro atoms. The summed E-state index contributed by atoms with van der Waals surface area (Å²) in [6, 6.07) is 9.00. The second-order valence-corrected chi connectivity index (χ2v) is 7.33. The molecule has 1 aliphatic heterocycles. The first kappa shape index (κ1) is 20.7. The van der Waals surface area contributed by atoms with E-state index < -0.39 is 23.7 Å². The van der Waals surface area contributed by atoms with Crippen LogP contribution >= 0.6 is 0 Å². The predicted octanol–water partition coefficient (Wildman–Crippen LogP) is 4.55. The van der Waals surface area contributed by atoms with Crippen LogP contribution < -0.4 is 15.4 Å². The number of anilines is 1. The Hall–Kier alpha value is -3.03. The van der Waals surface area contributed by atoms with Gasteiger partial charge in [-0.2, -0.15) is 13.2 Å². The summed E-state index contributed by atoms with van der Waals surface area (Å²) >= 11 is 0. The lowest BCUT2D eigenvalue weighted by atomic mass is 9.95. The number of carbonyl (C=O) groups is 2. The minimum absolute atomic E-state index is 0.141. The van der Waals surface area contributed by atoms with Crippen LogP contribution in [0.3, 0.4) is 0 Å². The van der Waals surface area contributed by atoms with E-state index in [1.165, 1.54) is 18.2 Å². The van der Waals surface area contributed by atoms with Gasteiger partial charge in [0.1, 0.15) is 5.75 Å². The molecule has 0 saturated heterocycles. The Morgan fingerprint density at radius 1 is 1.21 bits per heavy atom. The summed E-state index contributed by atoms with van der Waals surface area (Å²) in [5, 5.41) is 5.46. The Morgan fingerprint density at radius 2 is 1.97 bits per heavy atom. The Bertz CT molecular complexity index is 926. The Balaban J connectivity index is 1.84. The van der Waals surface area contributed by atoms with Crippen LogP contribution in [0.2, 0.25) is 0 Å². The first-order valence-electron chi connectivity index (χ1n) is 9.18. The molecular weight excluding hydrogens is 385 g/mol. The van der Waals surface area contributed by atoms with E-state index in [9.17, 15) is 22.8 Å². The third-order valence-electron chi connectivity index (χ3n) is 4.51. The van der Waals surface area contributed by atoms with Crippen molar-refractivity contribution in [2.24, 2.45) is 5.92 Å². The fourth-order valence-electron chi connectivity index (χ4n) is 3.14. The smallest absolute Gasteiger partial charge is 0.416 e. The van der Waals surface area contributed by atoms with Gasteiger partial charge in [-0.3, -0.25) is 9.59 Å². The number of rotatable bonds is 5. The number of nitrogens with one attached hydrogen (secondary N) is 2. The molecule has 2 N–H and O–H groups in total. The van der Waals surface area contributed by atoms with Gasteiger partial charge in [-0.05, 0) is 48.2 Å². The molecule has 2 amide bonds. The second-order valence-electron chi connectivity index (χ2n) is 7.33. The van der Waals surface area contributed by atoms with Crippen molar-refractivity contribution in [3.05, 3.63) is 59.2 Å². The van der Waals surface area contributed by atoms with Crippen LogP contribution in [0.1, 0.15) is 47.8 Å². The number of halogens is 3. The van der Waals surface area contributed by atoms with Crippen molar-refractivity contribution in [1.82, 2.24) is 5.32 Å². The molecule has 3 rings (SSSR count). The summed E-state index contributed by atoms with van der Waals surface area (Å²) in [6.45, 7) is 3.72. The molecule has 2 aromatic carbocycles. The number of carbonyl (C=O) groups excluding carboxylic acids is 2. The predicted molar refractivity (Wildman–Crippen MR) is 102 cm³/mol. The van der Waals surface area contributed by atoms with Crippen LogP contribution in [0.5, 0.6) is 5.75 Å². The molecule has 29 heavy (non-hydrogen) atoms. The van der Waals surface area contributed by atoms with Crippen molar-refractivity contribution >= 4 is 17.5 Å². The van der Waals surface area contributed by atoms with Crippen LogP contribution in [0, 0.1) is 5.92 Å². The summed E-state index contributed by atoms with van der Waals surface area (Å²) in [6.07, 6.45) is -3.98. The van der Waals surface area contributed by atoms with Crippen LogP contribution in [0.15, 0.2) is 42.5 Å². The minimum atomic E-state index is -4.46. The molecule has 154 valence electrons. The van der Waals surface area contributed by atoms with E-state index >= 15 is 0 Å². The molecule has 1 unspecified atom stereocenters. The second kappa shape index (κ2) is 8.14. The number of alkyl halides is 3. The largest absolute Gasteiger partial charge is 0.482 e. The number of ether oxygens (including phenoxy) is 1. The fourth-order valence-corrected chi connectivity index (χ4v) is 3.14.